The van der Waals surface area contributed by atoms with Crippen molar-refractivity contribution in [1.82, 2.24) is 29.7 Å². The number of amides is 3. The minimum atomic E-state index is -0.0104. The first-order valence-electron chi connectivity index (χ1n) is 8.74. The van der Waals surface area contributed by atoms with Gasteiger partial charge in [0.1, 0.15) is 5.56 Å². The summed E-state index contributed by atoms with van der Waals surface area (Å²) in [5, 5.41) is 7.07. The van der Waals surface area contributed by atoms with E-state index in [1.54, 1.807) is 16.9 Å². The third-order valence-corrected chi connectivity index (χ3v) is 5.04. The molecule has 0 spiro atoms. The van der Waals surface area contributed by atoms with Crippen molar-refractivity contribution in [2.75, 3.05) is 32.7 Å². The number of piperidine rings is 1. The SMILES string of the molecule is Cc1cnc2c(C(=O)N3CCC(CN4CCNC4=O)CC3)cnn2c1. The van der Waals surface area contributed by atoms with Crippen LogP contribution in [0.5, 0.6) is 0 Å². The molecule has 132 valence electrons. The highest BCUT2D eigenvalue weighted by atomic mass is 16.2. The fourth-order valence-electron chi connectivity index (χ4n) is 3.60. The predicted molar refractivity (Wildman–Crippen MR) is 91.3 cm³/mol. The average Bonchev–Trinajstić information content (AvgIpc) is 3.21. The van der Waals surface area contributed by atoms with Gasteiger partial charge in [0.2, 0.25) is 0 Å². The van der Waals surface area contributed by atoms with Crippen LogP contribution >= 0.6 is 0 Å². The number of likely N-dealkylation sites (tertiary alicyclic amines) is 1. The molecule has 8 nitrogen and oxygen atoms in total. The van der Waals surface area contributed by atoms with Gasteiger partial charge >= 0.3 is 6.03 Å². The van der Waals surface area contributed by atoms with Crippen LogP contribution in [0.4, 0.5) is 4.79 Å². The van der Waals surface area contributed by atoms with E-state index in [0.717, 1.165) is 38.0 Å². The maximum absolute atomic E-state index is 12.8. The molecule has 2 aliphatic rings. The first-order chi connectivity index (χ1) is 12.1. The molecular formula is C17H22N6O2. The maximum Gasteiger partial charge on any atom is 0.317 e. The lowest BCUT2D eigenvalue weighted by Crippen LogP contribution is -2.42. The Morgan fingerprint density at radius 2 is 2.08 bits per heavy atom. The van der Waals surface area contributed by atoms with Crippen LogP contribution in [0.3, 0.4) is 0 Å². The Morgan fingerprint density at radius 1 is 1.28 bits per heavy atom. The van der Waals surface area contributed by atoms with Gasteiger partial charge in [0.15, 0.2) is 5.65 Å². The third-order valence-electron chi connectivity index (χ3n) is 5.04. The van der Waals surface area contributed by atoms with Crippen LogP contribution in [0.2, 0.25) is 0 Å². The minimum absolute atomic E-state index is 0.0104. The van der Waals surface area contributed by atoms with Crippen LogP contribution in [-0.2, 0) is 0 Å². The van der Waals surface area contributed by atoms with E-state index in [4.69, 9.17) is 0 Å². The van der Waals surface area contributed by atoms with Gasteiger partial charge in [0.25, 0.3) is 5.91 Å². The lowest BCUT2D eigenvalue weighted by atomic mass is 9.96. The number of fused-ring (bicyclic) bond motifs is 1. The van der Waals surface area contributed by atoms with Crippen molar-refractivity contribution in [2.24, 2.45) is 5.92 Å². The molecule has 0 aliphatic carbocycles. The van der Waals surface area contributed by atoms with Crippen molar-refractivity contribution in [3.8, 4) is 0 Å². The van der Waals surface area contributed by atoms with E-state index < -0.39 is 0 Å². The highest BCUT2D eigenvalue weighted by molar-refractivity contribution is 5.99. The van der Waals surface area contributed by atoms with E-state index in [-0.39, 0.29) is 11.9 Å². The molecule has 2 aromatic heterocycles. The van der Waals surface area contributed by atoms with Crippen LogP contribution in [0.15, 0.2) is 18.6 Å². The number of hydrogen-bond acceptors (Lipinski definition) is 4. The van der Waals surface area contributed by atoms with Crippen molar-refractivity contribution >= 4 is 17.6 Å². The van der Waals surface area contributed by atoms with Crippen LogP contribution < -0.4 is 5.32 Å². The summed E-state index contributed by atoms with van der Waals surface area (Å²) in [5.74, 6) is 0.446. The van der Waals surface area contributed by atoms with E-state index >= 15 is 0 Å². The fraction of sp³-hybridized carbons (Fsp3) is 0.529. The second kappa shape index (κ2) is 6.34. The Labute approximate surface area is 145 Å². The summed E-state index contributed by atoms with van der Waals surface area (Å²) in [5.41, 5.74) is 2.16. The molecule has 2 saturated heterocycles. The molecule has 4 heterocycles. The normalized spacial score (nSPS) is 18.8. The van der Waals surface area contributed by atoms with Gasteiger partial charge < -0.3 is 15.1 Å². The Bertz CT molecular complexity index is 809. The first kappa shape index (κ1) is 15.9. The quantitative estimate of drug-likeness (QED) is 0.899. The van der Waals surface area contributed by atoms with Gasteiger partial charge in [-0.2, -0.15) is 5.10 Å². The van der Waals surface area contributed by atoms with Crippen molar-refractivity contribution < 1.29 is 9.59 Å². The summed E-state index contributed by atoms with van der Waals surface area (Å²) in [6.07, 6.45) is 7.06. The molecule has 25 heavy (non-hydrogen) atoms. The number of nitrogens with zero attached hydrogens (tertiary/aromatic N) is 5. The number of nitrogens with one attached hydrogen (secondary N) is 1. The largest absolute Gasteiger partial charge is 0.338 e. The monoisotopic (exact) mass is 342 g/mol. The van der Waals surface area contributed by atoms with Crippen LogP contribution in [0.1, 0.15) is 28.8 Å². The molecule has 2 aromatic rings. The van der Waals surface area contributed by atoms with Crippen LogP contribution in [0.25, 0.3) is 5.65 Å². The zero-order valence-electron chi connectivity index (χ0n) is 14.3. The summed E-state index contributed by atoms with van der Waals surface area (Å²) < 4.78 is 1.65. The number of aromatic nitrogens is 3. The smallest absolute Gasteiger partial charge is 0.317 e. The topological polar surface area (TPSA) is 82.8 Å². The summed E-state index contributed by atoms with van der Waals surface area (Å²) in [6, 6.07) is 0.0335. The van der Waals surface area contributed by atoms with Crippen molar-refractivity contribution in [3.63, 3.8) is 0 Å². The molecule has 1 N–H and O–H groups in total. The van der Waals surface area contributed by atoms with Crippen LogP contribution in [-0.4, -0.2) is 69.1 Å². The Morgan fingerprint density at radius 3 is 2.80 bits per heavy atom. The van der Waals surface area contributed by atoms with Gasteiger partial charge in [0.05, 0.1) is 6.20 Å². The second-order valence-corrected chi connectivity index (χ2v) is 6.87. The summed E-state index contributed by atoms with van der Waals surface area (Å²) in [7, 11) is 0. The Hall–Kier alpha value is -2.64. The number of hydrogen-bond donors (Lipinski definition) is 1. The van der Waals surface area contributed by atoms with E-state index in [0.29, 0.717) is 30.2 Å². The van der Waals surface area contributed by atoms with Gasteiger partial charge in [-0.15, -0.1) is 0 Å². The molecule has 0 bridgehead atoms. The van der Waals surface area contributed by atoms with Gasteiger partial charge in [-0.25, -0.2) is 14.3 Å². The molecule has 0 unspecified atom stereocenters. The molecular weight excluding hydrogens is 320 g/mol. The van der Waals surface area contributed by atoms with E-state index in [1.165, 1.54) is 0 Å². The van der Waals surface area contributed by atoms with Gasteiger partial charge in [-0.05, 0) is 31.2 Å². The number of aryl methyl sites for hydroxylation is 1. The van der Waals surface area contributed by atoms with E-state index in [9.17, 15) is 9.59 Å². The maximum atomic E-state index is 12.8. The number of urea groups is 1. The molecule has 0 radical (unpaired) electrons. The lowest BCUT2D eigenvalue weighted by Gasteiger charge is -2.33. The molecule has 0 saturated carbocycles. The third kappa shape index (κ3) is 3.04. The van der Waals surface area contributed by atoms with E-state index in [2.05, 4.69) is 15.4 Å². The highest BCUT2D eigenvalue weighted by Gasteiger charge is 2.29. The van der Waals surface area contributed by atoms with Gasteiger partial charge in [-0.3, -0.25) is 4.79 Å². The van der Waals surface area contributed by atoms with Crippen molar-refractivity contribution in [3.05, 3.63) is 29.7 Å². The Balaban J connectivity index is 1.40. The zero-order chi connectivity index (χ0) is 17.4. The summed E-state index contributed by atoms with van der Waals surface area (Å²) in [4.78, 5) is 32.6. The van der Waals surface area contributed by atoms with Crippen molar-refractivity contribution in [1.29, 1.82) is 0 Å². The fourth-order valence-corrected chi connectivity index (χ4v) is 3.60. The molecule has 3 amide bonds. The minimum Gasteiger partial charge on any atom is -0.338 e. The summed E-state index contributed by atoms with van der Waals surface area (Å²) >= 11 is 0. The summed E-state index contributed by atoms with van der Waals surface area (Å²) in [6.45, 7) is 5.67. The lowest BCUT2D eigenvalue weighted by molar-refractivity contribution is 0.0679. The molecule has 0 atom stereocenters. The zero-order valence-corrected chi connectivity index (χ0v) is 14.3. The number of carbonyl (C=O) groups excluding carboxylic acids is 2. The van der Waals surface area contributed by atoms with Gasteiger partial charge in [0, 0.05) is 45.1 Å². The van der Waals surface area contributed by atoms with E-state index in [1.807, 2.05) is 22.9 Å². The number of rotatable bonds is 3. The van der Waals surface area contributed by atoms with Crippen LogP contribution in [0, 0.1) is 12.8 Å². The molecule has 2 aliphatic heterocycles. The molecule has 4 rings (SSSR count). The Kier molecular flexibility index (Phi) is 4.03. The first-order valence-corrected chi connectivity index (χ1v) is 8.74. The van der Waals surface area contributed by atoms with Crippen molar-refractivity contribution in [2.45, 2.75) is 19.8 Å². The molecule has 2 fully saturated rings. The molecule has 0 aromatic carbocycles. The average molecular weight is 342 g/mol. The predicted octanol–water partition coefficient (Wildman–Crippen LogP) is 0.915. The molecule has 8 heteroatoms. The standard InChI is InChI=1S/C17H22N6O2/c1-12-8-19-15-14(9-20-23(15)10-12)16(24)21-5-2-13(3-6-21)11-22-7-4-18-17(22)25/h8-10,13H,2-7,11H2,1H3,(H,18,25). The highest BCUT2D eigenvalue weighted by Crippen LogP contribution is 2.21. The second-order valence-electron chi connectivity index (χ2n) is 6.87. The number of carbonyl (C=O) groups is 2. The van der Waals surface area contributed by atoms with Gasteiger partial charge in [-0.1, -0.05) is 0 Å².